The van der Waals surface area contributed by atoms with Crippen LogP contribution < -0.4 is 0 Å². The molecule has 0 aromatic rings. The zero-order valence-electron chi connectivity index (χ0n) is 7.01. The number of rotatable bonds is 4. The summed E-state index contributed by atoms with van der Waals surface area (Å²) in [5, 5.41) is 23.5. The Labute approximate surface area is 65.3 Å². The highest BCUT2D eigenvalue weighted by atomic mass is 17.1. The molecule has 0 N–H and O–H groups in total. The number of hydrazine groups is 2. The van der Waals surface area contributed by atoms with E-state index in [0.29, 0.717) is 0 Å². The molecule has 0 heterocycles. The van der Waals surface area contributed by atoms with E-state index >= 15 is 0 Å². The zero-order chi connectivity index (χ0) is 9.02. The van der Waals surface area contributed by atoms with Crippen molar-refractivity contribution in [3.63, 3.8) is 0 Å². The maximum atomic E-state index is 10.6. The Morgan fingerprint density at radius 2 is 1.09 bits per heavy atom. The molecule has 0 saturated carbocycles. The molecule has 0 radical (unpaired) electrons. The summed E-state index contributed by atoms with van der Waals surface area (Å²) in [6, 6.07) is 0. The van der Waals surface area contributed by atoms with Gasteiger partial charge in [0, 0.05) is 28.2 Å². The molecule has 7 nitrogen and oxygen atoms in total. The molecular weight excluding hydrogens is 152 g/mol. The van der Waals surface area contributed by atoms with Crippen molar-refractivity contribution < 1.29 is 4.94 Å². The molecule has 0 unspecified atom stereocenters. The summed E-state index contributed by atoms with van der Waals surface area (Å²) in [4.78, 5) is 4.18. The summed E-state index contributed by atoms with van der Waals surface area (Å²) in [5.41, 5.74) is 0. The van der Waals surface area contributed by atoms with Gasteiger partial charge < -0.3 is 10.4 Å². The van der Waals surface area contributed by atoms with Crippen molar-refractivity contribution >= 4 is 0 Å². The minimum absolute atomic E-state index is 0.0625. The van der Waals surface area contributed by atoms with Crippen molar-refractivity contribution in [2.45, 2.75) is 0 Å². The van der Waals surface area contributed by atoms with E-state index in [9.17, 15) is 10.4 Å². The first kappa shape index (κ1) is 10.7. The van der Waals surface area contributed by atoms with E-state index < -0.39 is 0 Å². The molecule has 0 rings (SSSR count). The summed E-state index contributed by atoms with van der Waals surface area (Å²) in [6.07, 6.45) is 0. The largest absolute Gasteiger partial charge is 0.746 e. The molecular formula is C4H12N4O3-2. The molecule has 68 valence electrons. The topological polar surface area (TPSA) is 68.3 Å². The van der Waals surface area contributed by atoms with Gasteiger partial charge in [-0.15, -0.1) is 0 Å². The van der Waals surface area contributed by atoms with Crippen LogP contribution in [-0.4, -0.2) is 48.9 Å². The normalized spacial score (nSPS) is 12.5. The highest BCUT2D eigenvalue weighted by Crippen LogP contribution is 1.95. The lowest BCUT2D eigenvalue weighted by atomic mass is 11.2. The maximum absolute atomic E-state index is 10.6. The lowest BCUT2D eigenvalue weighted by molar-refractivity contribution is -0.397. The second-order valence-electron chi connectivity index (χ2n) is 2.25. The van der Waals surface area contributed by atoms with Gasteiger partial charge in [0.05, 0.1) is 0 Å². The van der Waals surface area contributed by atoms with E-state index in [1.807, 2.05) is 0 Å². The fraction of sp³-hybridized carbons (Fsp3) is 1.00. The van der Waals surface area contributed by atoms with Crippen LogP contribution in [0.15, 0.2) is 0 Å². The Bertz CT molecular complexity index is 97.5. The van der Waals surface area contributed by atoms with Crippen LogP contribution >= 0.6 is 0 Å². The van der Waals surface area contributed by atoms with Gasteiger partial charge in [0.1, 0.15) is 0 Å². The van der Waals surface area contributed by atoms with Crippen LogP contribution in [0, 0.1) is 10.4 Å². The Morgan fingerprint density at radius 3 is 1.27 bits per heavy atom. The second kappa shape index (κ2) is 4.57. The highest BCUT2D eigenvalue weighted by Gasteiger charge is 1.97. The first-order chi connectivity index (χ1) is 4.95. The molecule has 0 spiro atoms. The van der Waals surface area contributed by atoms with Gasteiger partial charge in [0.25, 0.3) is 0 Å². The molecule has 0 aliphatic rings. The lowest BCUT2D eigenvalue weighted by Gasteiger charge is -2.41. The van der Waals surface area contributed by atoms with Gasteiger partial charge in [-0.25, -0.2) is 15.0 Å². The molecule has 0 aliphatic carbocycles. The van der Waals surface area contributed by atoms with Crippen LogP contribution in [0.1, 0.15) is 0 Å². The molecule has 0 atom stereocenters. The van der Waals surface area contributed by atoms with Crippen molar-refractivity contribution in [3.8, 4) is 0 Å². The van der Waals surface area contributed by atoms with Crippen molar-refractivity contribution in [1.82, 2.24) is 20.7 Å². The minimum Gasteiger partial charge on any atom is -0.746 e. The Morgan fingerprint density at radius 1 is 0.818 bits per heavy atom. The zero-order valence-corrected chi connectivity index (χ0v) is 7.01. The summed E-state index contributed by atoms with van der Waals surface area (Å²) in [7, 11) is 5.82. The van der Waals surface area contributed by atoms with Gasteiger partial charge in [0.2, 0.25) is 0 Å². The average molecular weight is 164 g/mol. The third-order valence-corrected chi connectivity index (χ3v) is 0.793. The average Bonchev–Trinajstić information content (AvgIpc) is 1.87. The van der Waals surface area contributed by atoms with E-state index in [0.717, 1.165) is 10.0 Å². The molecule has 0 aromatic heterocycles. The highest BCUT2D eigenvalue weighted by molar-refractivity contribution is 4.33. The van der Waals surface area contributed by atoms with Gasteiger partial charge in [-0.2, -0.15) is 10.7 Å². The van der Waals surface area contributed by atoms with Crippen molar-refractivity contribution in [3.05, 3.63) is 10.4 Å². The van der Waals surface area contributed by atoms with Gasteiger partial charge >= 0.3 is 0 Å². The van der Waals surface area contributed by atoms with Crippen LogP contribution in [0.4, 0.5) is 0 Å². The third-order valence-electron chi connectivity index (χ3n) is 0.793. The first-order valence-electron chi connectivity index (χ1n) is 2.92. The number of hydrogen-bond donors (Lipinski definition) is 0. The van der Waals surface area contributed by atoms with Gasteiger partial charge in [-0.3, -0.25) is 0 Å². The Hall–Kier alpha value is -0.280. The monoisotopic (exact) mass is 164 g/mol. The predicted molar refractivity (Wildman–Crippen MR) is 38.9 cm³/mol. The van der Waals surface area contributed by atoms with Crippen LogP contribution in [0.25, 0.3) is 0 Å². The molecule has 0 aliphatic heterocycles. The Balaban J connectivity index is 3.66. The van der Waals surface area contributed by atoms with Crippen molar-refractivity contribution in [1.29, 1.82) is 0 Å². The van der Waals surface area contributed by atoms with Gasteiger partial charge in [-0.1, -0.05) is 0 Å². The van der Waals surface area contributed by atoms with Crippen molar-refractivity contribution in [2.75, 3.05) is 28.2 Å². The van der Waals surface area contributed by atoms with Crippen LogP contribution in [0.3, 0.4) is 0 Å². The summed E-state index contributed by atoms with van der Waals surface area (Å²) in [6.45, 7) is 0. The second-order valence-corrected chi connectivity index (χ2v) is 2.25. The smallest absolute Gasteiger partial charge is 0.00280 e. The van der Waals surface area contributed by atoms with E-state index in [1.165, 1.54) is 28.2 Å². The molecule has 7 heteroatoms. The SMILES string of the molecule is CN(C)N([O-])ON([O-])N(C)C. The first-order valence-corrected chi connectivity index (χ1v) is 2.92. The summed E-state index contributed by atoms with van der Waals surface area (Å²) < 4.78 is 0. The van der Waals surface area contributed by atoms with Gasteiger partial charge in [0.15, 0.2) is 0 Å². The third kappa shape index (κ3) is 4.22. The fourth-order valence-electron chi connectivity index (χ4n) is 0.206. The summed E-state index contributed by atoms with van der Waals surface area (Å²) in [5.74, 6) is 0. The quantitative estimate of drug-likeness (QED) is 0.513. The number of hydrogen-bond acceptors (Lipinski definition) is 7. The maximum Gasteiger partial charge on any atom is 0.00280 e. The molecule has 0 bridgehead atoms. The predicted octanol–water partition coefficient (Wildman–Crippen LogP) is -0.614. The summed E-state index contributed by atoms with van der Waals surface area (Å²) >= 11 is 0. The fourth-order valence-corrected chi connectivity index (χ4v) is 0.206. The molecule has 0 saturated heterocycles. The van der Waals surface area contributed by atoms with E-state index in [1.54, 1.807) is 0 Å². The van der Waals surface area contributed by atoms with E-state index in [-0.39, 0.29) is 10.7 Å². The van der Waals surface area contributed by atoms with Gasteiger partial charge in [-0.05, 0) is 0 Å². The van der Waals surface area contributed by atoms with Crippen molar-refractivity contribution in [2.24, 2.45) is 0 Å². The standard InChI is InChI=1S/C4H12N4O3/c1-5(2)7(9)11-8(10)6(3)4/h1-4H3/q-2. The minimum atomic E-state index is 0.0625. The molecule has 0 fully saturated rings. The van der Waals surface area contributed by atoms with E-state index in [2.05, 4.69) is 4.94 Å². The lowest BCUT2D eigenvalue weighted by Crippen LogP contribution is -2.42. The molecule has 0 aromatic carbocycles. The van der Waals surface area contributed by atoms with Crippen LogP contribution in [-0.2, 0) is 4.94 Å². The molecule has 0 amide bonds. The Kier molecular flexibility index (Phi) is 4.45. The number of nitrogens with zero attached hydrogens (tertiary/aromatic N) is 4. The van der Waals surface area contributed by atoms with Crippen LogP contribution in [0.5, 0.6) is 0 Å². The molecule has 11 heavy (non-hydrogen) atoms. The van der Waals surface area contributed by atoms with Crippen LogP contribution in [0.2, 0.25) is 0 Å². The van der Waals surface area contributed by atoms with E-state index in [4.69, 9.17) is 0 Å².